The molecular weight excluding hydrogens is 1220 g/mol. The topological polar surface area (TPSA) is 629 Å². The number of carboxylic acid groups (broad SMARTS) is 4. The number of guanidine groups is 1. The van der Waals surface area contributed by atoms with Crippen molar-refractivity contribution in [3.63, 3.8) is 0 Å². The van der Waals surface area contributed by atoms with Crippen molar-refractivity contribution in [2.75, 3.05) is 13.1 Å². The predicted molar refractivity (Wildman–Crippen MR) is 320 cm³/mol. The number of carbonyl (C=O) groups excluding carboxylic acids is 11. The van der Waals surface area contributed by atoms with Crippen molar-refractivity contribution >= 4 is 94.8 Å². The van der Waals surface area contributed by atoms with E-state index in [9.17, 15) is 103 Å². The minimum Gasteiger partial charge on any atom is -0.481 e. The highest BCUT2D eigenvalue weighted by Crippen LogP contribution is 2.11. The molecule has 0 saturated heterocycles. The number of aliphatic carboxylic acids is 4. The first-order chi connectivity index (χ1) is 42.9. The first-order valence-corrected chi connectivity index (χ1v) is 29.2. The number of nitrogens with zero attached hydrogens (tertiary/aromatic N) is 2. The van der Waals surface area contributed by atoms with Crippen molar-refractivity contribution in [2.24, 2.45) is 34.0 Å². The summed E-state index contributed by atoms with van der Waals surface area (Å²) in [5.74, 6) is -18.8. The Labute approximate surface area is 528 Å². The second-order valence-corrected chi connectivity index (χ2v) is 22.1. The fraction of sp³-hybridized carbons (Fsp3) is 0.648. The number of imidazole rings is 1. The van der Waals surface area contributed by atoms with Gasteiger partial charge >= 0.3 is 23.9 Å². The lowest BCUT2D eigenvalue weighted by Gasteiger charge is -2.27. The number of carbonyl (C=O) groups is 15. The molecule has 0 saturated carbocycles. The SMILES string of the molecule is CC[C@H](C)[C@H](N)C(=O)N[C@@H](CCC(=O)O)C(=O)N[C@H](C(=O)NCC(=O)N[C@@H](CC(C)C)C(=O)N[C@@H](CC(=O)O)C(=O)N[C@@H](C)C(=O)N[C@H](C(=O)N[C@@H](Cc1cnc[nH]1)C(=O)N[C@@H](C)C(=O)N[C@@H](CCC(=O)O)C(=O)N[C@@H](CCCN=C(N)N)C(=O)O)[C@@H](C)O)[C@@H](C)O. The molecule has 0 aliphatic rings. The number of aromatic amines is 1. The van der Waals surface area contributed by atoms with Crippen molar-refractivity contribution in [2.45, 2.75) is 198 Å². The molecule has 0 aliphatic carbocycles. The Morgan fingerprint density at radius 1 is 0.533 bits per heavy atom. The molecule has 0 fully saturated rings. The number of H-pyrrole nitrogens is 1. The third-order valence-corrected chi connectivity index (χ3v) is 13.7. The Hall–Kier alpha value is -9.59. The number of nitrogens with two attached hydrogens (primary N) is 3. The molecule has 0 radical (unpaired) electrons. The van der Waals surface area contributed by atoms with Gasteiger partial charge in [0.1, 0.15) is 60.4 Å². The largest absolute Gasteiger partial charge is 0.481 e. The van der Waals surface area contributed by atoms with Crippen LogP contribution in [0.15, 0.2) is 17.5 Å². The lowest BCUT2D eigenvalue weighted by Crippen LogP contribution is -2.61. The normalized spacial score (nSPS) is 15.6. The molecule has 0 aliphatic heterocycles. The number of aliphatic hydroxyl groups excluding tert-OH is 2. The fourth-order valence-electron chi connectivity index (χ4n) is 8.25. The zero-order valence-corrected chi connectivity index (χ0v) is 52.2. The van der Waals surface area contributed by atoms with E-state index in [2.05, 4.69) is 73.4 Å². The molecule has 24 N–H and O–H groups in total. The summed E-state index contributed by atoms with van der Waals surface area (Å²) >= 11 is 0. The summed E-state index contributed by atoms with van der Waals surface area (Å²) in [5.41, 5.74) is 16.8. The summed E-state index contributed by atoms with van der Waals surface area (Å²) in [6.07, 6.45) is -4.32. The number of carboxylic acids is 4. The number of rotatable bonds is 43. The molecule has 0 aromatic carbocycles. The molecule has 1 aromatic heterocycles. The maximum atomic E-state index is 13.9. The van der Waals surface area contributed by atoms with Gasteiger partial charge in [0.05, 0.1) is 37.5 Å². The van der Waals surface area contributed by atoms with Crippen LogP contribution < -0.4 is 75.7 Å². The standard InChI is InChI=1S/C54H89N17O21/c1-9-24(4)40(55)50(88)66-31(13-15-38(77)78)46(84)71-41(27(7)72)51(89)60-21-36(74)64-33(17-23(2)3)49(87)68-35(19-39(79)80)48(86)63-26(6)44(82)70-42(28(8)73)52(90)69-34(18-29-20-58-22-61-29)47(85)62-25(5)43(81)65-30(12-14-37(75)76)45(83)67-32(53(91)92)11-10-16-59-54(56)57/h20,22-28,30-35,40-42,72-73H,9-19,21,55H2,1-8H3,(H,58,61)(H,60,89)(H,62,85)(H,63,86)(H,64,74)(H,65,81)(H,66,88)(H,67,83)(H,68,87)(H,69,90)(H,70,82)(H,71,84)(H,75,76)(H,77,78)(H,79,80)(H,91,92)(H4,56,57,59)/t24-,25-,26-,27+,28+,30-,31-,32-,33-,34-,35-,40-,41-,42-/m0/s1. The number of hydrogen-bond donors (Lipinski definition) is 21. The summed E-state index contributed by atoms with van der Waals surface area (Å²) in [5, 5.41) is 84.1. The molecule has 14 atom stereocenters. The minimum atomic E-state index is -1.95. The maximum absolute atomic E-state index is 13.9. The maximum Gasteiger partial charge on any atom is 0.326 e. The molecule has 1 heterocycles. The summed E-state index contributed by atoms with van der Waals surface area (Å²) in [6.45, 7) is 10.2. The number of aromatic nitrogens is 2. The number of amides is 11. The second kappa shape index (κ2) is 40.2. The second-order valence-electron chi connectivity index (χ2n) is 22.1. The highest BCUT2D eigenvalue weighted by Gasteiger charge is 2.37. The van der Waals surface area contributed by atoms with Gasteiger partial charge in [-0.2, -0.15) is 0 Å². The van der Waals surface area contributed by atoms with Crippen molar-refractivity contribution in [3.8, 4) is 0 Å². The predicted octanol–water partition coefficient (Wildman–Crippen LogP) is -7.52. The van der Waals surface area contributed by atoms with E-state index in [0.717, 1.165) is 27.7 Å². The smallest absolute Gasteiger partial charge is 0.326 e. The minimum absolute atomic E-state index is 0.00908. The van der Waals surface area contributed by atoms with E-state index in [-0.39, 0.29) is 55.7 Å². The Morgan fingerprint density at radius 2 is 0.989 bits per heavy atom. The van der Waals surface area contributed by atoms with E-state index < -0.39 is 206 Å². The van der Waals surface area contributed by atoms with Gasteiger partial charge in [0.25, 0.3) is 0 Å². The van der Waals surface area contributed by atoms with Gasteiger partial charge < -0.3 is 111 Å². The Kier molecular flexibility index (Phi) is 35.2. The van der Waals surface area contributed by atoms with Crippen LogP contribution in [0.25, 0.3) is 0 Å². The highest BCUT2D eigenvalue weighted by atomic mass is 16.4. The van der Waals surface area contributed by atoms with Crippen LogP contribution in [0, 0.1) is 11.8 Å². The first kappa shape index (κ1) is 80.4. The van der Waals surface area contributed by atoms with Crippen LogP contribution in [0.4, 0.5) is 0 Å². The summed E-state index contributed by atoms with van der Waals surface area (Å²) in [4.78, 5) is 205. The molecule has 38 nitrogen and oxygen atoms in total. The average molecular weight is 1310 g/mol. The van der Waals surface area contributed by atoms with E-state index in [1.54, 1.807) is 27.7 Å². The quantitative estimate of drug-likeness (QED) is 0.0164. The average Bonchev–Trinajstić information content (AvgIpc) is 1.59. The molecule has 1 aromatic rings. The van der Waals surface area contributed by atoms with Gasteiger partial charge in [0.15, 0.2) is 5.96 Å². The summed E-state index contributed by atoms with van der Waals surface area (Å²) in [6, 6.07) is -17.8. The highest BCUT2D eigenvalue weighted by molar-refractivity contribution is 5.99. The molecular formula is C54H89N17O21. The Morgan fingerprint density at radius 3 is 1.47 bits per heavy atom. The van der Waals surface area contributed by atoms with E-state index in [4.69, 9.17) is 17.2 Å². The first-order valence-electron chi connectivity index (χ1n) is 29.2. The molecule has 38 heteroatoms. The zero-order chi connectivity index (χ0) is 70.3. The monoisotopic (exact) mass is 1310 g/mol. The van der Waals surface area contributed by atoms with E-state index in [1.165, 1.54) is 12.5 Å². The molecule has 92 heavy (non-hydrogen) atoms. The third-order valence-electron chi connectivity index (χ3n) is 13.7. The number of nitrogens with one attached hydrogen (secondary N) is 12. The van der Waals surface area contributed by atoms with Gasteiger partial charge in [-0.05, 0) is 71.6 Å². The van der Waals surface area contributed by atoms with Crippen LogP contribution in [0.2, 0.25) is 0 Å². The van der Waals surface area contributed by atoms with Crippen LogP contribution in [0.3, 0.4) is 0 Å². The lowest BCUT2D eigenvalue weighted by molar-refractivity contribution is -0.143. The van der Waals surface area contributed by atoms with E-state index >= 15 is 0 Å². The summed E-state index contributed by atoms with van der Waals surface area (Å²) < 4.78 is 0. The third kappa shape index (κ3) is 30.3. The van der Waals surface area contributed by atoms with Gasteiger partial charge in [-0.1, -0.05) is 34.1 Å². The summed E-state index contributed by atoms with van der Waals surface area (Å²) in [7, 11) is 0. The Balaban J connectivity index is 3.25. The molecule has 516 valence electrons. The lowest BCUT2D eigenvalue weighted by atomic mass is 9.98. The molecule has 0 bridgehead atoms. The number of hydrogen-bond acceptors (Lipinski definition) is 20. The number of aliphatic imine (C=N–C) groups is 1. The van der Waals surface area contributed by atoms with E-state index in [0.29, 0.717) is 6.42 Å². The van der Waals surface area contributed by atoms with Crippen LogP contribution in [-0.2, 0) is 78.3 Å². The van der Waals surface area contributed by atoms with Gasteiger partial charge in [0, 0.05) is 37.7 Å². The van der Waals surface area contributed by atoms with Crippen molar-refractivity contribution in [1.82, 2.24) is 68.5 Å². The Bertz CT molecular complexity index is 2760. The van der Waals surface area contributed by atoms with Crippen LogP contribution in [-0.4, -0.2) is 227 Å². The van der Waals surface area contributed by atoms with Crippen LogP contribution in [0.5, 0.6) is 0 Å². The fourth-order valence-corrected chi connectivity index (χ4v) is 8.25. The molecule has 0 unspecified atom stereocenters. The zero-order valence-electron chi connectivity index (χ0n) is 52.2. The van der Waals surface area contributed by atoms with Gasteiger partial charge in [0.2, 0.25) is 65.0 Å². The van der Waals surface area contributed by atoms with Crippen molar-refractivity contribution < 1.29 is 103 Å². The van der Waals surface area contributed by atoms with Gasteiger partial charge in [-0.3, -0.25) is 72.1 Å². The van der Waals surface area contributed by atoms with E-state index in [1.807, 2.05) is 0 Å². The molecule has 11 amide bonds. The van der Waals surface area contributed by atoms with Crippen molar-refractivity contribution in [3.05, 3.63) is 18.2 Å². The van der Waals surface area contributed by atoms with Gasteiger partial charge in [-0.25, -0.2) is 9.78 Å². The van der Waals surface area contributed by atoms with Crippen LogP contribution >= 0.6 is 0 Å². The number of aliphatic hydroxyl groups is 2. The molecule has 1 rings (SSSR count). The molecule has 0 spiro atoms. The van der Waals surface area contributed by atoms with Gasteiger partial charge in [-0.15, -0.1) is 0 Å². The van der Waals surface area contributed by atoms with Crippen molar-refractivity contribution in [1.29, 1.82) is 0 Å². The van der Waals surface area contributed by atoms with Crippen LogP contribution in [0.1, 0.15) is 119 Å².